The van der Waals surface area contributed by atoms with Crippen molar-refractivity contribution in [1.29, 1.82) is 0 Å². The first-order chi connectivity index (χ1) is 23.9. The van der Waals surface area contributed by atoms with Crippen LogP contribution in [0.2, 0.25) is 5.02 Å². The van der Waals surface area contributed by atoms with Gasteiger partial charge in [-0.25, -0.2) is 10.2 Å². The van der Waals surface area contributed by atoms with Gasteiger partial charge in [-0.3, -0.25) is 4.79 Å². The second-order valence-electron chi connectivity index (χ2n) is 10.8. The van der Waals surface area contributed by atoms with Gasteiger partial charge in [-0.1, -0.05) is 66.2 Å². The SMILES string of the molecule is CCOc1ccc(C(=O)Oc2ccc(C=NNC(=O)c3[nH]c4c(ccc5ccccc54)c3-c3ccccc3Cl)cc2OCC)cc1OCC. The van der Waals surface area contributed by atoms with Crippen LogP contribution in [0.15, 0.2) is 102 Å². The van der Waals surface area contributed by atoms with Gasteiger partial charge in [-0.15, -0.1) is 0 Å². The minimum absolute atomic E-state index is 0.231. The number of amides is 1. The number of hydrazone groups is 1. The van der Waals surface area contributed by atoms with Gasteiger partial charge in [0.25, 0.3) is 5.91 Å². The maximum atomic E-state index is 13.6. The first-order valence-corrected chi connectivity index (χ1v) is 16.3. The Morgan fingerprint density at radius 1 is 0.755 bits per heavy atom. The van der Waals surface area contributed by atoms with E-state index in [2.05, 4.69) is 15.5 Å². The number of aromatic amines is 1. The number of aromatic nitrogens is 1. The molecule has 0 unspecified atom stereocenters. The highest BCUT2D eigenvalue weighted by atomic mass is 35.5. The van der Waals surface area contributed by atoms with E-state index in [-0.39, 0.29) is 5.75 Å². The van der Waals surface area contributed by atoms with Crippen LogP contribution >= 0.6 is 11.6 Å². The summed E-state index contributed by atoms with van der Waals surface area (Å²) in [6.45, 7) is 6.77. The number of rotatable bonds is 12. The third-order valence-corrected chi connectivity index (χ3v) is 8.03. The van der Waals surface area contributed by atoms with Gasteiger partial charge in [0.05, 0.1) is 37.1 Å². The third kappa shape index (κ3) is 7.07. The fourth-order valence-corrected chi connectivity index (χ4v) is 5.80. The molecule has 0 bridgehead atoms. The minimum atomic E-state index is -0.584. The molecule has 0 aliphatic rings. The van der Waals surface area contributed by atoms with E-state index in [0.29, 0.717) is 64.5 Å². The van der Waals surface area contributed by atoms with Crippen molar-refractivity contribution in [2.75, 3.05) is 19.8 Å². The van der Waals surface area contributed by atoms with Gasteiger partial charge in [0, 0.05) is 26.9 Å². The zero-order chi connectivity index (χ0) is 34.3. The second-order valence-corrected chi connectivity index (χ2v) is 11.2. The Hall–Kier alpha value is -5.80. The largest absolute Gasteiger partial charge is 0.490 e. The number of hydrogen-bond donors (Lipinski definition) is 2. The van der Waals surface area contributed by atoms with Crippen LogP contribution in [0.25, 0.3) is 32.8 Å². The van der Waals surface area contributed by atoms with Crippen molar-refractivity contribution in [2.45, 2.75) is 20.8 Å². The van der Waals surface area contributed by atoms with Gasteiger partial charge >= 0.3 is 5.97 Å². The monoisotopic (exact) mass is 675 g/mol. The first kappa shape index (κ1) is 33.1. The number of carbonyl (C=O) groups excluding carboxylic acids is 2. The van der Waals surface area contributed by atoms with E-state index in [9.17, 15) is 9.59 Å². The van der Waals surface area contributed by atoms with Crippen molar-refractivity contribution in [2.24, 2.45) is 5.10 Å². The van der Waals surface area contributed by atoms with Crippen LogP contribution in [0.5, 0.6) is 23.0 Å². The molecule has 0 saturated heterocycles. The summed E-state index contributed by atoms with van der Waals surface area (Å²) in [5, 5.41) is 7.65. The Balaban J connectivity index is 1.24. The molecular formula is C39H34ClN3O6. The number of esters is 1. The molecule has 1 aromatic heterocycles. The zero-order valence-electron chi connectivity index (χ0n) is 27.2. The lowest BCUT2D eigenvalue weighted by Gasteiger charge is -2.13. The molecule has 0 aliphatic carbocycles. The summed E-state index contributed by atoms with van der Waals surface area (Å²) in [6, 6.07) is 29.3. The van der Waals surface area contributed by atoms with Gasteiger partial charge in [0.2, 0.25) is 0 Å². The van der Waals surface area contributed by atoms with Crippen molar-refractivity contribution < 1.29 is 28.5 Å². The predicted octanol–water partition coefficient (Wildman–Crippen LogP) is 8.82. The van der Waals surface area contributed by atoms with Crippen LogP contribution in [-0.4, -0.2) is 42.9 Å². The van der Waals surface area contributed by atoms with Crippen molar-refractivity contribution in [3.63, 3.8) is 0 Å². The summed E-state index contributed by atoms with van der Waals surface area (Å²) in [5.41, 5.74) is 6.12. The Labute approximate surface area is 288 Å². The summed E-state index contributed by atoms with van der Waals surface area (Å²) in [4.78, 5) is 30.1. The van der Waals surface area contributed by atoms with E-state index in [1.807, 2.05) is 75.4 Å². The molecule has 0 fully saturated rings. The fourth-order valence-electron chi connectivity index (χ4n) is 5.57. The average molecular weight is 676 g/mol. The Kier molecular flexibility index (Phi) is 10.1. The standard InChI is InChI=1S/C39H34ClN3O6/c1-4-46-31-20-17-26(22-34(31)48-6-3)39(45)49-32-19-15-24(21-33(32)47-5-2)23-41-43-38(44)37-35(28-13-9-10-14-30(28)40)29-18-16-25-11-7-8-12-27(25)36(29)42-37/h7-23,42H,4-6H2,1-3H3,(H,43,44). The highest BCUT2D eigenvalue weighted by molar-refractivity contribution is 6.34. The minimum Gasteiger partial charge on any atom is -0.490 e. The molecule has 10 heteroatoms. The molecule has 6 rings (SSSR count). The van der Waals surface area contributed by atoms with Crippen LogP contribution in [-0.2, 0) is 0 Å². The third-order valence-electron chi connectivity index (χ3n) is 7.70. The number of nitrogens with zero attached hydrogens (tertiary/aromatic N) is 1. The normalized spacial score (nSPS) is 11.2. The van der Waals surface area contributed by atoms with E-state index in [0.717, 1.165) is 27.2 Å². The van der Waals surface area contributed by atoms with Crippen LogP contribution in [0.4, 0.5) is 0 Å². The number of hydrogen-bond acceptors (Lipinski definition) is 7. The molecule has 49 heavy (non-hydrogen) atoms. The van der Waals surface area contributed by atoms with Gasteiger partial charge in [0.1, 0.15) is 5.69 Å². The molecule has 0 radical (unpaired) electrons. The molecule has 6 aromatic rings. The van der Waals surface area contributed by atoms with Gasteiger partial charge < -0.3 is 23.9 Å². The smallest absolute Gasteiger partial charge is 0.343 e. The summed E-state index contributed by atoms with van der Waals surface area (Å²) in [5.74, 6) is 0.546. The number of H-pyrrole nitrogens is 1. The zero-order valence-corrected chi connectivity index (χ0v) is 28.0. The number of carbonyl (C=O) groups is 2. The lowest BCUT2D eigenvalue weighted by Crippen LogP contribution is -2.19. The van der Waals surface area contributed by atoms with Crippen molar-refractivity contribution >= 4 is 51.4 Å². The summed E-state index contributed by atoms with van der Waals surface area (Å²) in [7, 11) is 0. The predicted molar refractivity (Wildman–Crippen MR) is 193 cm³/mol. The molecule has 0 aliphatic heterocycles. The van der Waals surface area contributed by atoms with Crippen molar-refractivity contribution in [3.05, 3.63) is 119 Å². The van der Waals surface area contributed by atoms with Crippen molar-refractivity contribution in [3.8, 4) is 34.1 Å². The lowest BCUT2D eigenvalue weighted by molar-refractivity contribution is 0.0727. The lowest BCUT2D eigenvalue weighted by atomic mass is 9.99. The number of fused-ring (bicyclic) bond motifs is 3. The summed E-state index contributed by atoms with van der Waals surface area (Å²) in [6.07, 6.45) is 1.49. The van der Waals surface area contributed by atoms with Gasteiger partial charge in [-0.05, 0) is 74.2 Å². The van der Waals surface area contributed by atoms with E-state index in [1.54, 1.807) is 42.5 Å². The Bertz CT molecular complexity index is 2190. The molecular weight excluding hydrogens is 642 g/mol. The fraction of sp³-hybridized carbons (Fsp3) is 0.154. The highest BCUT2D eigenvalue weighted by Crippen LogP contribution is 2.39. The quantitative estimate of drug-likeness (QED) is 0.0580. The van der Waals surface area contributed by atoms with Gasteiger partial charge in [0.15, 0.2) is 23.0 Å². The summed E-state index contributed by atoms with van der Waals surface area (Å²) < 4.78 is 22.7. The Morgan fingerprint density at radius 3 is 2.22 bits per heavy atom. The van der Waals surface area contributed by atoms with Gasteiger partial charge in [-0.2, -0.15) is 5.10 Å². The first-order valence-electron chi connectivity index (χ1n) is 15.9. The molecule has 0 saturated carbocycles. The van der Waals surface area contributed by atoms with Crippen LogP contribution in [0, 0.1) is 0 Å². The highest BCUT2D eigenvalue weighted by Gasteiger charge is 2.22. The molecule has 1 heterocycles. The molecule has 2 N–H and O–H groups in total. The molecule has 5 aromatic carbocycles. The molecule has 9 nitrogen and oxygen atoms in total. The van der Waals surface area contributed by atoms with E-state index in [1.165, 1.54) is 6.21 Å². The molecule has 248 valence electrons. The number of ether oxygens (including phenoxy) is 4. The maximum absolute atomic E-state index is 13.6. The maximum Gasteiger partial charge on any atom is 0.343 e. The topological polar surface area (TPSA) is 111 Å². The number of benzene rings is 5. The van der Waals surface area contributed by atoms with E-state index >= 15 is 0 Å². The van der Waals surface area contributed by atoms with E-state index in [4.69, 9.17) is 30.5 Å². The number of nitrogens with one attached hydrogen (secondary N) is 2. The molecule has 1 amide bonds. The van der Waals surface area contributed by atoms with Crippen LogP contribution in [0.3, 0.4) is 0 Å². The Morgan fingerprint density at radius 2 is 1.45 bits per heavy atom. The summed E-state index contributed by atoms with van der Waals surface area (Å²) >= 11 is 6.62. The average Bonchev–Trinajstić information content (AvgIpc) is 3.51. The second kappa shape index (κ2) is 15.0. The van der Waals surface area contributed by atoms with E-state index < -0.39 is 11.9 Å². The molecule has 0 spiro atoms. The number of halogens is 1. The van der Waals surface area contributed by atoms with Crippen molar-refractivity contribution in [1.82, 2.24) is 10.4 Å². The molecule has 0 atom stereocenters. The van der Waals surface area contributed by atoms with Crippen LogP contribution < -0.4 is 24.4 Å². The van der Waals surface area contributed by atoms with Crippen LogP contribution in [0.1, 0.15) is 47.2 Å².